The highest BCUT2D eigenvalue weighted by molar-refractivity contribution is 14.0. The standard InChI is InChI=1S/C18H28F3N5O2S.HI/c1-13-11-16(25(3)4)6-5-14(13)12-23-17(22-2)24-15-7-9-26(10-8-15)29(27,28)18(19,20)21;/h5-6,11,15H,7-10,12H2,1-4H3,(H2,22,23,24);1H. The minimum Gasteiger partial charge on any atom is -0.378 e. The van der Waals surface area contributed by atoms with Crippen LogP contribution in [0.15, 0.2) is 23.2 Å². The van der Waals surface area contributed by atoms with Crippen LogP contribution in [0, 0.1) is 6.92 Å². The van der Waals surface area contributed by atoms with Crippen molar-refractivity contribution in [3.63, 3.8) is 0 Å². The van der Waals surface area contributed by atoms with E-state index >= 15 is 0 Å². The predicted octanol–water partition coefficient (Wildman–Crippen LogP) is 2.66. The molecule has 0 unspecified atom stereocenters. The fraction of sp³-hybridized carbons (Fsp3) is 0.611. The van der Waals surface area contributed by atoms with Crippen molar-refractivity contribution in [3.8, 4) is 0 Å². The molecule has 1 heterocycles. The number of halogens is 4. The smallest absolute Gasteiger partial charge is 0.378 e. The first-order chi connectivity index (χ1) is 13.5. The van der Waals surface area contributed by atoms with Gasteiger partial charge in [0.1, 0.15) is 0 Å². The van der Waals surface area contributed by atoms with Crippen molar-refractivity contribution in [3.05, 3.63) is 29.3 Å². The van der Waals surface area contributed by atoms with Gasteiger partial charge in [0.2, 0.25) is 0 Å². The first-order valence-electron chi connectivity index (χ1n) is 9.26. The molecule has 12 heteroatoms. The lowest BCUT2D eigenvalue weighted by Crippen LogP contribution is -2.51. The lowest BCUT2D eigenvalue weighted by Gasteiger charge is -2.32. The number of hydrogen-bond acceptors (Lipinski definition) is 4. The van der Waals surface area contributed by atoms with Gasteiger partial charge in [-0.05, 0) is 43.0 Å². The van der Waals surface area contributed by atoms with Crippen LogP contribution < -0.4 is 15.5 Å². The third kappa shape index (κ3) is 6.61. The van der Waals surface area contributed by atoms with E-state index in [4.69, 9.17) is 0 Å². The van der Waals surface area contributed by atoms with E-state index < -0.39 is 15.5 Å². The Morgan fingerprint density at radius 3 is 2.33 bits per heavy atom. The zero-order valence-corrected chi connectivity index (χ0v) is 20.6. The van der Waals surface area contributed by atoms with E-state index in [1.165, 1.54) is 0 Å². The largest absolute Gasteiger partial charge is 0.511 e. The summed E-state index contributed by atoms with van der Waals surface area (Å²) in [5.74, 6) is 0.526. The number of alkyl halides is 3. The van der Waals surface area contributed by atoms with Crippen LogP contribution in [-0.2, 0) is 16.6 Å². The average Bonchev–Trinajstić information content (AvgIpc) is 2.65. The van der Waals surface area contributed by atoms with Gasteiger partial charge in [-0.2, -0.15) is 17.5 Å². The predicted molar refractivity (Wildman–Crippen MR) is 124 cm³/mol. The summed E-state index contributed by atoms with van der Waals surface area (Å²) in [6.07, 6.45) is 0.541. The number of benzene rings is 1. The molecule has 1 fully saturated rings. The summed E-state index contributed by atoms with van der Waals surface area (Å²) in [6.45, 7) is 2.21. The number of sulfonamides is 1. The van der Waals surface area contributed by atoms with Gasteiger partial charge in [-0.25, -0.2) is 8.42 Å². The molecule has 0 bridgehead atoms. The highest BCUT2D eigenvalue weighted by Gasteiger charge is 2.50. The topological polar surface area (TPSA) is 77.0 Å². The second-order valence-electron chi connectivity index (χ2n) is 7.20. The maximum Gasteiger partial charge on any atom is 0.511 e. The van der Waals surface area contributed by atoms with Gasteiger partial charge in [-0.3, -0.25) is 4.99 Å². The lowest BCUT2D eigenvalue weighted by molar-refractivity contribution is -0.0494. The van der Waals surface area contributed by atoms with E-state index in [-0.39, 0.29) is 55.9 Å². The van der Waals surface area contributed by atoms with Crippen molar-refractivity contribution in [1.29, 1.82) is 0 Å². The van der Waals surface area contributed by atoms with Gasteiger partial charge in [0.05, 0.1) is 0 Å². The monoisotopic (exact) mass is 563 g/mol. The number of anilines is 1. The van der Waals surface area contributed by atoms with Gasteiger partial charge < -0.3 is 15.5 Å². The maximum atomic E-state index is 12.7. The molecule has 1 aliphatic heterocycles. The Hall–Kier alpha value is -1.28. The Kier molecular flexibility index (Phi) is 9.67. The van der Waals surface area contributed by atoms with Gasteiger partial charge >= 0.3 is 15.5 Å². The fourth-order valence-electron chi connectivity index (χ4n) is 3.11. The fourth-order valence-corrected chi connectivity index (χ4v) is 4.09. The molecule has 0 radical (unpaired) electrons. The van der Waals surface area contributed by atoms with Crippen molar-refractivity contribution in [2.45, 2.75) is 37.9 Å². The molecule has 7 nitrogen and oxygen atoms in total. The van der Waals surface area contributed by atoms with Crippen molar-refractivity contribution in [1.82, 2.24) is 14.9 Å². The van der Waals surface area contributed by atoms with Gasteiger partial charge in [-0.15, -0.1) is 24.0 Å². The minimum atomic E-state index is -5.26. The van der Waals surface area contributed by atoms with Crippen LogP contribution in [0.1, 0.15) is 24.0 Å². The number of aliphatic imine (C=N–C) groups is 1. The van der Waals surface area contributed by atoms with Crippen LogP contribution in [0.3, 0.4) is 0 Å². The van der Waals surface area contributed by atoms with Crippen molar-refractivity contribution in [2.24, 2.45) is 4.99 Å². The van der Waals surface area contributed by atoms with Crippen LogP contribution in [0.5, 0.6) is 0 Å². The molecule has 1 aliphatic rings. The molecule has 2 N–H and O–H groups in total. The molecule has 172 valence electrons. The number of nitrogens with one attached hydrogen (secondary N) is 2. The Morgan fingerprint density at radius 1 is 1.27 bits per heavy atom. The number of rotatable bonds is 5. The molecule has 0 aliphatic carbocycles. The first-order valence-corrected chi connectivity index (χ1v) is 10.7. The van der Waals surface area contributed by atoms with Gasteiger partial charge in [0.15, 0.2) is 5.96 Å². The highest BCUT2D eigenvalue weighted by atomic mass is 127. The van der Waals surface area contributed by atoms with E-state index in [0.717, 1.165) is 16.8 Å². The van der Waals surface area contributed by atoms with Crippen molar-refractivity contribution < 1.29 is 21.6 Å². The van der Waals surface area contributed by atoms with E-state index in [9.17, 15) is 21.6 Å². The molecule has 0 saturated carbocycles. The quantitative estimate of drug-likeness (QED) is 0.328. The molecule has 2 rings (SSSR count). The summed E-state index contributed by atoms with van der Waals surface area (Å²) in [5.41, 5.74) is -1.92. The Balaban J connectivity index is 0.00000450. The molecule has 0 atom stereocenters. The van der Waals surface area contributed by atoms with Crippen LogP contribution >= 0.6 is 24.0 Å². The molecular weight excluding hydrogens is 534 g/mol. The van der Waals surface area contributed by atoms with Crippen LogP contribution in [-0.4, -0.2) is 64.5 Å². The Labute approximate surface area is 193 Å². The Bertz CT molecular complexity index is 839. The SMILES string of the molecule is CN=C(NCc1ccc(N(C)C)cc1C)NC1CCN(S(=O)(=O)C(F)(F)F)CC1.I. The summed E-state index contributed by atoms with van der Waals surface area (Å²) < 4.78 is 61.5. The third-order valence-corrected chi connectivity index (χ3v) is 6.57. The molecule has 1 aromatic carbocycles. The third-order valence-electron chi connectivity index (χ3n) is 4.94. The minimum absolute atomic E-state index is 0. The van der Waals surface area contributed by atoms with E-state index in [1.807, 2.05) is 38.1 Å². The van der Waals surface area contributed by atoms with Crippen LogP contribution in [0.25, 0.3) is 0 Å². The van der Waals surface area contributed by atoms with E-state index in [0.29, 0.717) is 16.8 Å². The number of aryl methyl sites for hydroxylation is 1. The summed E-state index contributed by atoms with van der Waals surface area (Å²) in [6, 6.07) is 5.99. The Morgan fingerprint density at radius 2 is 1.87 bits per heavy atom. The van der Waals surface area contributed by atoms with Crippen molar-refractivity contribution in [2.75, 3.05) is 39.1 Å². The van der Waals surface area contributed by atoms with E-state index in [1.54, 1.807) is 7.05 Å². The molecular formula is C18H29F3IN5O2S. The van der Waals surface area contributed by atoms with Crippen LogP contribution in [0.2, 0.25) is 0 Å². The molecule has 30 heavy (non-hydrogen) atoms. The van der Waals surface area contributed by atoms with Crippen molar-refractivity contribution >= 4 is 45.6 Å². The second kappa shape index (κ2) is 10.8. The van der Waals surface area contributed by atoms with E-state index in [2.05, 4.69) is 21.7 Å². The summed E-state index contributed by atoms with van der Waals surface area (Å²) >= 11 is 0. The molecule has 1 saturated heterocycles. The normalized spacial score (nSPS) is 16.7. The average molecular weight is 563 g/mol. The number of hydrogen-bond donors (Lipinski definition) is 2. The van der Waals surface area contributed by atoms with Gasteiger partial charge in [0, 0.05) is 52.5 Å². The number of nitrogens with zero attached hydrogens (tertiary/aromatic N) is 3. The van der Waals surface area contributed by atoms with Gasteiger partial charge in [-0.1, -0.05) is 6.07 Å². The molecule has 1 aromatic rings. The second-order valence-corrected chi connectivity index (χ2v) is 9.13. The van der Waals surface area contributed by atoms with Crippen LogP contribution in [0.4, 0.5) is 18.9 Å². The highest BCUT2D eigenvalue weighted by Crippen LogP contribution is 2.29. The zero-order chi connectivity index (χ0) is 21.8. The summed E-state index contributed by atoms with van der Waals surface area (Å²) in [5, 5.41) is 6.37. The molecule has 0 spiro atoms. The zero-order valence-electron chi connectivity index (χ0n) is 17.5. The molecule has 0 amide bonds. The number of piperidine rings is 1. The lowest BCUT2D eigenvalue weighted by atomic mass is 10.1. The number of guanidine groups is 1. The first kappa shape index (κ1) is 26.8. The maximum absolute atomic E-state index is 12.7. The summed E-state index contributed by atoms with van der Waals surface area (Å²) in [7, 11) is 0.302. The van der Waals surface area contributed by atoms with Gasteiger partial charge in [0.25, 0.3) is 0 Å². The molecule has 0 aromatic heterocycles. The summed E-state index contributed by atoms with van der Waals surface area (Å²) in [4.78, 5) is 6.18.